The van der Waals surface area contributed by atoms with Gasteiger partial charge in [0.05, 0.1) is 12.3 Å². The van der Waals surface area contributed by atoms with Crippen molar-refractivity contribution in [3.63, 3.8) is 0 Å². The van der Waals surface area contributed by atoms with Crippen LogP contribution >= 0.6 is 23.5 Å². The van der Waals surface area contributed by atoms with E-state index in [9.17, 15) is 4.79 Å². The number of thioether (sulfide) groups is 2. The van der Waals surface area contributed by atoms with E-state index >= 15 is 0 Å². The predicted molar refractivity (Wildman–Crippen MR) is 123 cm³/mol. The number of aliphatic imine (C=N–C) groups is 1. The van der Waals surface area contributed by atoms with Crippen molar-refractivity contribution in [3.8, 4) is 0 Å². The lowest BCUT2D eigenvalue weighted by Gasteiger charge is -2.51. The van der Waals surface area contributed by atoms with Crippen molar-refractivity contribution in [1.82, 2.24) is 0 Å². The van der Waals surface area contributed by atoms with E-state index < -0.39 is 0 Å². The maximum absolute atomic E-state index is 13.3. The number of benzene rings is 2. The highest BCUT2D eigenvalue weighted by atomic mass is 32.2. The second-order valence-electron chi connectivity index (χ2n) is 8.22. The maximum Gasteiger partial charge on any atom is 0.237 e. The highest BCUT2D eigenvalue weighted by molar-refractivity contribution is 8.39. The second kappa shape index (κ2) is 7.60. The van der Waals surface area contributed by atoms with Crippen LogP contribution in [0.3, 0.4) is 0 Å². The van der Waals surface area contributed by atoms with Crippen LogP contribution in [0.5, 0.6) is 0 Å². The Bertz CT molecular complexity index is 910. The van der Waals surface area contributed by atoms with E-state index in [1.165, 1.54) is 11.1 Å². The zero-order chi connectivity index (χ0) is 19.8. The summed E-state index contributed by atoms with van der Waals surface area (Å²) in [6.45, 7) is 7.56. The SMILES string of the molecule is CC1(C)C[C@](C)(c2ccccc2)c2ccccc2N1C(=O)CSC1=NCCS1. The molecule has 0 bridgehead atoms. The summed E-state index contributed by atoms with van der Waals surface area (Å²) in [5, 5.41) is 0. The average Bonchev–Trinajstić information content (AvgIpc) is 3.20. The Labute approximate surface area is 176 Å². The van der Waals surface area contributed by atoms with E-state index in [0.29, 0.717) is 5.75 Å². The van der Waals surface area contributed by atoms with E-state index in [1.54, 1.807) is 23.5 Å². The molecule has 0 saturated heterocycles. The van der Waals surface area contributed by atoms with Gasteiger partial charge in [-0.2, -0.15) is 0 Å². The molecule has 3 nitrogen and oxygen atoms in total. The molecule has 1 amide bonds. The molecule has 0 aliphatic carbocycles. The van der Waals surface area contributed by atoms with E-state index in [-0.39, 0.29) is 16.9 Å². The van der Waals surface area contributed by atoms with Gasteiger partial charge in [-0.05, 0) is 37.5 Å². The minimum Gasteiger partial charge on any atom is -0.306 e. The molecule has 0 aromatic heterocycles. The van der Waals surface area contributed by atoms with Crippen LogP contribution in [0.4, 0.5) is 5.69 Å². The lowest BCUT2D eigenvalue weighted by molar-refractivity contribution is -0.117. The Balaban J connectivity index is 1.71. The molecule has 2 aliphatic rings. The van der Waals surface area contributed by atoms with E-state index in [1.807, 2.05) is 11.0 Å². The molecule has 4 rings (SSSR count). The Kier molecular flexibility index (Phi) is 5.32. The van der Waals surface area contributed by atoms with Crippen LogP contribution in [0.2, 0.25) is 0 Å². The van der Waals surface area contributed by atoms with Gasteiger partial charge in [-0.3, -0.25) is 9.79 Å². The summed E-state index contributed by atoms with van der Waals surface area (Å²) in [6, 6.07) is 19.1. The molecule has 0 N–H and O–H groups in total. The van der Waals surface area contributed by atoms with Crippen LogP contribution in [0.1, 0.15) is 38.3 Å². The molecule has 28 heavy (non-hydrogen) atoms. The van der Waals surface area contributed by atoms with Crippen LogP contribution in [0, 0.1) is 0 Å². The Hall–Kier alpha value is -1.72. The molecule has 2 aromatic rings. The molecule has 1 atom stereocenters. The number of hydrogen-bond donors (Lipinski definition) is 0. The van der Waals surface area contributed by atoms with Crippen LogP contribution in [-0.4, -0.2) is 33.9 Å². The van der Waals surface area contributed by atoms with Gasteiger partial charge in [-0.15, -0.1) is 0 Å². The summed E-state index contributed by atoms with van der Waals surface area (Å²) >= 11 is 3.33. The van der Waals surface area contributed by atoms with Gasteiger partial charge in [0.25, 0.3) is 0 Å². The molecular weight excluding hydrogens is 384 g/mol. The topological polar surface area (TPSA) is 32.7 Å². The molecule has 0 radical (unpaired) electrons. The first-order valence-corrected chi connectivity index (χ1v) is 11.7. The molecule has 2 aromatic carbocycles. The van der Waals surface area contributed by atoms with Crippen molar-refractivity contribution in [2.24, 2.45) is 4.99 Å². The van der Waals surface area contributed by atoms with Gasteiger partial charge in [0.15, 0.2) is 0 Å². The van der Waals surface area contributed by atoms with Gasteiger partial charge in [-0.1, -0.05) is 79.0 Å². The van der Waals surface area contributed by atoms with Gasteiger partial charge in [0.2, 0.25) is 5.91 Å². The first-order chi connectivity index (χ1) is 13.4. The molecule has 5 heteroatoms. The van der Waals surface area contributed by atoms with Gasteiger partial charge < -0.3 is 4.90 Å². The molecule has 146 valence electrons. The molecule has 0 spiro atoms. The Morgan fingerprint density at radius 1 is 1.11 bits per heavy atom. The van der Waals surface area contributed by atoms with E-state index in [4.69, 9.17) is 0 Å². The van der Waals surface area contributed by atoms with Gasteiger partial charge in [-0.25, -0.2) is 0 Å². The maximum atomic E-state index is 13.3. The summed E-state index contributed by atoms with van der Waals surface area (Å²) in [5.74, 6) is 1.63. The quantitative estimate of drug-likeness (QED) is 0.684. The third-order valence-electron chi connectivity index (χ3n) is 5.67. The van der Waals surface area contributed by atoms with E-state index in [2.05, 4.69) is 74.3 Å². The lowest BCUT2D eigenvalue weighted by atomic mass is 9.65. The number of carbonyl (C=O) groups is 1. The fraction of sp³-hybridized carbons (Fsp3) is 0.391. The van der Waals surface area contributed by atoms with Crippen molar-refractivity contribution in [2.45, 2.75) is 38.1 Å². The molecular formula is C23H26N2OS2. The highest BCUT2D eigenvalue weighted by Gasteiger charge is 2.47. The Morgan fingerprint density at radius 3 is 2.54 bits per heavy atom. The standard InChI is InChI=1S/C23H26N2OS2/c1-22(2)16-23(3,17-9-5-4-6-10-17)18-11-7-8-12-19(18)25(22)20(26)15-28-21-24-13-14-27-21/h4-12H,13-16H2,1-3H3/t23-/m1/s1. The van der Waals surface area contributed by atoms with Crippen LogP contribution in [-0.2, 0) is 10.2 Å². The molecule has 2 aliphatic heterocycles. The number of anilines is 1. The fourth-order valence-corrected chi connectivity index (χ4v) is 6.49. The number of para-hydroxylation sites is 1. The number of amides is 1. The number of hydrogen-bond acceptors (Lipinski definition) is 4. The fourth-order valence-electron chi connectivity index (χ4n) is 4.63. The highest BCUT2D eigenvalue weighted by Crippen LogP contribution is 2.50. The number of fused-ring (bicyclic) bond motifs is 1. The summed E-state index contributed by atoms with van der Waals surface area (Å²) in [6.07, 6.45) is 0.882. The van der Waals surface area contributed by atoms with Crippen molar-refractivity contribution in [2.75, 3.05) is 23.0 Å². The van der Waals surface area contributed by atoms with Gasteiger partial charge in [0, 0.05) is 22.4 Å². The number of rotatable bonds is 3. The molecule has 2 heterocycles. The molecule has 0 fully saturated rings. The van der Waals surface area contributed by atoms with Gasteiger partial charge >= 0.3 is 0 Å². The van der Waals surface area contributed by atoms with E-state index in [0.717, 1.165) is 28.8 Å². The molecule has 0 unspecified atom stereocenters. The number of carbonyl (C=O) groups excluding carboxylic acids is 1. The molecule has 0 saturated carbocycles. The zero-order valence-corrected chi connectivity index (χ0v) is 18.3. The average molecular weight is 411 g/mol. The number of nitrogens with zero attached hydrogens (tertiary/aromatic N) is 2. The third-order valence-corrected chi connectivity index (χ3v) is 7.91. The largest absolute Gasteiger partial charge is 0.306 e. The van der Waals surface area contributed by atoms with Crippen LogP contribution in [0.25, 0.3) is 0 Å². The zero-order valence-electron chi connectivity index (χ0n) is 16.6. The summed E-state index contributed by atoms with van der Waals surface area (Å²) < 4.78 is 1.05. The smallest absolute Gasteiger partial charge is 0.237 e. The lowest BCUT2D eigenvalue weighted by Crippen LogP contribution is -2.56. The van der Waals surface area contributed by atoms with Crippen molar-refractivity contribution in [1.29, 1.82) is 0 Å². The van der Waals surface area contributed by atoms with Crippen molar-refractivity contribution < 1.29 is 4.79 Å². The minimum absolute atomic E-state index is 0.128. The predicted octanol–water partition coefficient (Wildman–Crippen LogP) is 5.34. The first kappa shape index (κ1) is 19.6. The van der Waals surface area contributed by atoms with Crippen molar-refractivity contribution >= 4 is 39.5 Å². The summed E-state index contributed by atoms with van der Waals surface area (Å²) in [7, 11) is 0. The third kappa shape index (κ3) is 3.50. The first-order valence-electron chi connectivity index (χ1n) is 9.70. The van der Waals surface area contributed by atoms with Gasteiger partial charge in [0.1, 0.15) is 4.38 Å². The monoisotopic (exact) mass is 410 g/mol. The minimum atomic E-state index is -0.277. The summed E-state index contributed by atoms with van der Waals surface area (Å²) in [5.41, 5.74) is 3.16. The Morgan fingerprint density at radius 2 is 1.82 bits per heavy atom. The van der Waals surface area contributed by atoms with Crippen LogP contribution < -0.4 is 4.90 Å². The van der Waals surface area contributed by atoms with Crippen LogP contribution in [0.15, 0.2) is 59.6 Å². The normalized spacial score (nSPS) is 23.2. The summed E-state index contributed by atoms with van der Waals surface area (Å²) in [4.78, 5) is 19.8. The second-order valence-corrected chi connectivity index (χ2v) is 10.5. The van der Waals surface area contributed by atoms with Crippen molar-refractivity contribution in [3.05, 3.63) is 65.7 Å².